The molecule has 2 N–H and O–H groups in total. The van der Waals surface area contributed by atoms with Crippen molar-refractivity contribution in [1.29, 1.82) is 0 Å². The van der Waals surface area contributed by atoms with E-state index in [0.717, 1.165) is 5.69 Å². The number of benzene rings is 3. The lowest BCUT2D eigenvalue weighted by atomic mass is 10.1. The summed E-state index contributed by atoms with van der Waals surface area (Å²) in [6.45, 7) is 0.222. The van der Waals surface area contributed by atoms with Crippen molar-refractivity contribution in [3.63, 3.8) is 0 Å². The number of carbonyl (C=O) groups excluding carboxylic acids is 1. The average molecular weight is 478 g/mol. The van der Waals surface area contributed by atoms with E-state index in [1.54, 1.807) is 47.1 Å². The Morgan fingerprint density at radius 2 is 1.80 bits per heavy atom. The number of carbonyl (C=O) groups is 1. The molecule has 4 rings (SSSR count). The first-order valence-corrected chi connectivity index (χ1v) is 11.2. The molecule has 0 radical (unpaired) electrons. The fourth-order valence-corrected chi connectivity index (χ4v) is 3.62. The number of aliphatic hydroxyl groups is 1. The SMILES string of the molecule is O=C(CCc1cc(-c2cccc(F)c2)n(-c2ccc(OCCO)cc2)n1)NCc1ccccc1F. The summed E-state index contributed by atoms with van der Waals surface area (Å²) in [5.41, 5.74) is 3.13. The number of nitrogens with one attached hydrogen (secondary N) is 1. The highest BCUT2D eigenvalue weighted by Gasteiger charge is 2.14. The van der Waals surface area contributed by atoms with Gasteiger partial charge in [0.2, 0.25) is 5.91 Å². The van der Waals surface area contributed by atoms with Crippen LogP contribution >= 0.6 is 0 Å². The predicted octanol–water partition coefficient (Wildman–Crippen LogP) is 4.44. The Bertz CT molecular complexity index is 1290. The predicted molar refractivity (Wildman–Crippen MR) is 128 cm³/mol. The van der Waals surface area contributed by atoms with E-state index in [4.69, 9.17) is 9.84 Å². The van der Waals surface area contributed by atoms with Gasteiger partial charge >= 0.3 is 0 Å². The second kappa shape index (κ2) is 11.4. The van der Waals surface area contributed by atoms with E-state index in [9.17, 15) is 13.6 Å². The molecule has 1 aromatic heterocycles. The van der Waals surface area contributed by atoms with Gasteiger partial charge in [-0.2, -0.15) is 5.10 Å². The molecule has 35 heavy (non-hydrogen) atoms. The highest BCUT2D eigenvalue weighted by Crippen LogP contribution is 2.26. The van der Waals surface area contributed by atoms with Gasteiger partial charge in [0.1, 0.15) is 24.0 Å². The molecule has 0 bridgehead atoms. The van der Waals surface area contributed by atoms with E-state index in [0.29, 0.717) is 34.7 Å². The summed E-state index contributed by atoms with van der Waals surface area (Å²) in [5, 5.41) is 16.3. The number of aromatic nitrogens is 2. The van der Waals surface area contributed by atoms with E-state index < -0.39 is 0 Å². The summed E-state index contributed by atoms with van der Waals surface area (Å²) < 4.78 is 34.8. The molecule has 1 heterocycles. The molecule has 0 saturated heterocycles. The van der Waals surface area contributed by atoms with Crippen molar-refractivity contribution in [2.75, 3.05) is 13.2 Å². The van der Waals surface area contributed by atoms with Crippen LogP contribution in [0.5, 0.6) is 5.75 Å². The molecular formula is C27H25F2N3O3. The zero-order valence-electron chi connectivity index (χ0n) is 19.0. The Morgan fingerprint density at radius 1 is 1.00 bits per heavy atom. The third kappa shape index (κ3) is 6.30. The summed E-state index contributed by atoms with van der Waals surface area (Å²) in [6, 6.07) is 21.5. The van der Waals surface area contributed by atoms with E-state index in [-0.39, 0.29) is 43.7 Å². The van der Waals surface area contributed by atoms with Crippen LogP contribution in [0.4, 0.5) is 8.78 Å². The van der Waals surface area contributed by atoms with E-state index in [2.05, 4.69) is 10.4 Å². The van der Waals surface area contributed by atoms with Gasteiger partial charge in [0, 0.05) is 30.5 Å². The molecule has 0 unspecified atom stereocenters. The summed E-state index contributed by atoms with van der Waals surface area (Å²) in [7, 11) is 0. The standard InChI is InChI=1S/C27H25F2N3O3/c28-21-6-3-5-19(16-21)26-17-22(8-13-27(34)30-18-20-4-1-2-7-25(20)29)31-32(26)23-9-11-24(12-10-23)35-15-14-33/h1-7,9-12,16-17,33H,8,13-15,18H2,(H,30,34). The number of aryl methyl sites for hydroxylation is 1. The van der Waals surface area contributed by atoms with Crippen LogP contribution in [0.1, 0.15) is 17.7 Å². The van der Waals surface area contributed by atoms with Crippen molar-refractivity contribution in [1.82, 2.24) is 15.1 Å². The first-order valence-electron chi connectivity index (χ1n) is 11.2. The molecule has 1 amide bonds. The fourth-order valence-electron chi connectivity index (χ4n) is 3.62. The van der Waals surface area contributed by atoms with Crippen LogP contribution in [0.2, 0.25) is 0 Å². The van der Waals surface area contributed by atoms with Gasteiger partial charge < -0.3 is 15.2 Å². The van der Waals surface area contributed by atoms with Crippen LogP contribution in [0.25, 0.3) is 16.9 Å². The Hall–Kier alpha value is -4.04. The van der Waals surface area contributed by atoms with Crippen LogP contribution in [-0.2, 0) is 17.8 Å². The van der Waals surface area contributed by atoms with Crippen LogP contribution in [0.3, 0.4) is 0 Å². The molecule has 6 nitrogen and oxygen atoms in total. The van der Waals surface area contributed by atoms with Gasteiger partial charge in [0.05, 0.1) is 23.7 Å². The van der Waals surface area contributed by atoms with Crippen molar-refractivity contribution in [2.24, 2.45) is 0 Å². The average Bonchev–Trinajstić information content (AvgIpc) is 3.30. The highest BCUT2D eigenvalue weighted by molar-refractivity contribution is 5.76. The maximum absolute atomic E-state index is 13.9. The Morgan fingerprint density at radius 3 is 2.54 bits per heavy atom. The van der Waals surface area contributed by atoms with Crippen molar-refractivity contribution < 1.29 is 23.4 Å². The number of halogens is 2. The van der Waals surface area contributed by atoms with E-state index >= 15 is 0 Å². The lowest BCUT2D eigenvalue weighted by molar-refractivity contribution is -0.121. The van der Waals surface area contributed by atoms with Gasteiger partial charge in [-0.05, 0) is 48.5 Å². The second-order valence-corrected chi connectivity index (χ2v) is 7.88. The number of hydrogen-bond acceptors (Lipinski definition) is 4. The summed E-state index contributed by atoms with van der Waals surface area (Å²) in [6.07, 6.45) is 0.526. The lowest BCUT2D eigenvalue weighted by Crippen LogP contribution is -2.23. The molecule has 8 heteroatoms. The van der Waals surface area contributed by atoms with Crippen molar-refractivity contribution in [3.05, 3.63) is 102 Å². The number of nitrogens with zero attached hydrogens (tertiary/aromatic N) is 2. The van der Waals surface area contributed by atoms with E-state index in [1.807, 2.05) is 18.2 Å². The minimum atomic E-state index is -0.364. The molecule has 0 saturated carbocycles. The Balaban J connectivity index is 1.51. The van der Waals surface area contributed by atoms with Gasteiger partial charge in [0.15, 0.2) is 0 Å². The maximum Gasteiger partial charge on any atom is 0.220 e. The molecule has 0 atom stereocenters. The monoisotopic (exact) mass is 477 g/mol. The summed E-state index contributed by atoms with van der Waals surface area (Å²) >= 11 is 0. The number of hydrogen-bond donors (Lipinski definition) is 2. The minimum absolute atomic E-state index is 0.0815. The van der Waals surface area contributed by atoms with Crippen LogP contribution < -0.4 is 10.1 Å². The van der Waals surface area contributed by atoms with Crippen LogP contribution in [0, 0.1) is 11.6 Å². The Kier molecular flexibility index (Phi) is 7.84. The zero-order chi connectivity index (χ0) is 24.6. The number of aliphatic hydroxyl groups excluding tert-OH is 1. The molecule has 0 aliphatic heterocycles. The normalized spacial score (nSPS) is 10.8. The number of rotatable bonds is 10. The quantitative estimate of drug-likeness (QED) is 0.354. The highest BCUT2D eigenvalue weighted by atomic mass is 19.1. The summed E-state index contributed by atoms with van der Waals surface area (Å²) in [4.78, 5) is 12.4. The first-order chi connectivity index (χ1) is 17.0. The van der Waals surface area contributed by atoms with Crippen molar-refractivity contribution >= 4 is 5.91 Å². The molecule has 3 aromatic carbocycles. The van der Waals surface area contributed by atoms with Crippen molar-refractivity contribution in [3.8, 4) is 22.7 Å². The largest absolute Gasteiger partial charge is 0.491 e. The molecule has 0 spiro atoms. The van der Waals surface area contributed by atoms with Crippen LogP contribution in [0.15, 0.2) is 78.9 Å². The van der Waals surface area contributed by atoms with E-state index in [1.165, 1.54) is 18.2 Å². The smallest absolute Gasteiger partial charge is 0.220 e. The fraction of sp³-hybridized carbons (Fsp3) is 0.185. The van der Waals surface area contributed by atoms with Gasteiger partial charge in [-0.25, -0.2) is 13.5 Å². The first kappa shape index (κ1) is 24.1. The second-order valence-electron chi connectivity index (χ2n) is 7.88. The van der Waals surface area contributed by atoms with Crippen molar-refractivity contribution in [2.45, 2.75) is 19.4 Å². The lowest BCUT2D eigenvalue weighted by Gasteiger charge is -2.09. The van der Waals surface area contributed by atoms with Crippen LogP contribution in [-0.4, -0.2) is 34.0 Å². The minimum Gasteiger partial charge on any atom is -0.491 e. The Labute approximate surface area is 201 Å². The molecule has 0 fully saturated rings. The van der Waals surface area contributed by atoms with Gasteiger partial charge in [-0.3, -0.25) is 4.79 Å². The molecular weight excluding hydrogens is 452 g/mol. The third-order valence-electron chi connectivity index (χ3n) is 5.36. The topological polar surface area (TPSA) is 76.4 Å². The molecule has 180 valence electrons. The number of amides is 1. The summed E-state index contributed by atoms with van der Waals surface area (Å²) in [5.74, 6) is -0.342. The molecule has 4 aromatic rings. The third-order valence-corrected chi connectivity index (χ3v) is 5.36. The molecule has 0 aliphatic rings. The maximum atomic E-state index is 13.9. The zero-order valence-corrected chi connectivity index (χ0v) is 19.0. The number of ether oxygens (including phenoxy) is 1. The molecule has 0 aliphatic carbocycles. The van der Waals surface area contributed by atoms with Gasteiger partial charge in [-0.1, -0.05) is 30.3 Å². The van der Waals surface area contributed by atoms with Gasteiger partial charge in [-0.15, -0.1) is 0 Å². The van der Waals surface area contributed by atoms with Gasteiger partial charge in [0.25, 0.3) is 0 Å².